The van der Waals surface area contributed by atoms with Crippen molar-refractivity contribution in [3.05, 3.63) is 27.8 Å². The minimum atomic E-state index is -0.540. The fourth-order valence-corrected chi connectivity index (χ4v) is 1.06. The molecular formula is C8H9N3O3. The summed E-state index contributed by atoms with van der Waals surface area (Å²) in [4.78, 5) is 20.2. The lowest BCUT2D eigenvalue weighted by atomic mass is 10.1. The lowest BCUT2D eigenvalue weighted by Gasteiger charge is -2.04. The molecule has 0 spiro atoms. The topological polar surface area (TPSA) is 98.3 Å². The van der Waals surface area contributed by atoms with Crippen LogP contribution in [0.1, 0.15) is 5.56 Å². The first-order valence-electron chi connectivity index (χ1n) is 3.81. The number of rotatable bonds is 3. The van der Waals surface area contributed by atoms with E-state index in [0.717, 1.165) is 0 Å². The predicted molar refractivity (Wildman–Crippen MR) is 51.9 cm³/mol. The van der Waals surface area contributed by atoms with Gasteiger partial charge in [0.1, 0.15) is 0 Å². The standard InChI is InChI=1S/C8H9N3O3/c1-5-7(9)2-6(10-4-12)3-8(5)11(13)14/h2-4H,9H2,1H3,(H,10,12). The zero-order valence-electron chi connectivity index (χ0n) is 7.48. The van der Waals surface area contributed by atoms with Gasteiger partial charge in [-0.3, -0.25) is 14.9 Å². The van der Waals surface area contributed by atoms with E-state index in [1.165, 1.54) is 12.1 Å². The van der Waals surface area contributed by atoms with Gasteiger partial charge in [-0.15, -0.1) is 0 Å². The number of benzene rings is 1. The molecule has 0 bridgehead atoms. The SMILES string of the molecule is Cc1c(N)cc(NC=O)cc1[N+](=O)[O-]. The van der Waals surface area contributed by atoms with Crippen LogP contribution in [0.2, 0.25) is 0 Å². The molecule has 0 heterocycles. The zero-order chi connectivity index (χ0) is 10.7. The van der Waals surface area contributed by atoms with E-state index in [4.69, 9.17) is 5.73 Å². The maximum atomic E-state index is 10.6. The third-order valence-electron chi connectivity index (χ3n) is 1.84. The molecule has 0 saturated heterocycles. The molecule has 14 heavy (non-hydrogen) atoms. The van der Waals surface area contributed by atoms with Gasteiger partial charge in [0, 0.05) is 23.0 Å². The maximum Gasteiger partial charge on any atom is 0.276 e. The molecule has 0 aliphatic heterocycles. The second kappa shape index (κ2) is 3.73. The molecule has 0 aliphatic carbocycles. The number of carbonyl (C=O) groups is 1. The number of nitrogens with two attached hydrogens (primary N) is 1. The van der Waals surface area contributed by atoms with Gasteiger partial charge in [-0.1, -0.05) is 0 Å². The zero-order valence-corrected chi connectivity index (χ0v) is 7.48. The van der Waals surface area contributed by atoms with Crippen LogP contribution in [0.25, 0.3) is 0 Å². The molecular weight excluding hydrogens is 186 g/mol. The smallest absolute Gasteiger partial charge is 0.276 e. The molecule has 1 aromatic rings. The van der Waals surface area contributed by atoms with Crippen molar-refractivity contribution in [3.63, 3.8) is 0 Å². The summed E-state index contributed by atoms with van der Waals surface area (Å²) in [6, 6.07) is 2.73. The quantitative estimate of drug-likeness (QED) is 0.326. The molecule has 0 saturated carbocycles. The van der Waals surface area contributed by atoms with Gasteiger partial charge in [0.25, 0.3) is 5.69 Å². The molecule has 0 atom stereocenters. The van der Waals surface area contributed by atoms with Gasteiger partial charge in [0.05, 0.1) is 4.92 Å². The Morgan fingerprint density at radius 2 is 2.21 bits per heavy atom. The Morgan fingerprint density at radius 3 is 2.71 bits per heavy atom. The van der Waals surface area contributed by atoms with Crippen molar-refractivity contribution in [1.82, 2.24) is 0 Å². The van der Waals surface area contributed by atoms with Crippen LogP contribution in [-0.4, -0.2) is 11.3 Å². The summed E-state index contributed by atoms with van der Waals surface area (Å²) in [7, 11) is 0. The van der Waals surface area contributed by atoms with E-state index >= 15 is 0 Å². The Kier molecular flexibility index (Phi) is 2.66. The van der Waals surface area contributed by atoms with Gasteiger partial charge in [-0.2, -0.15) is 0 Å². The third-order valence-corrected chi connectivity index (χ3v) is 1.84. The minimum absolute atomic E-state index is 0.102. The molecule has 1 aromatic carbocycles. The second-order valence-corrected chi connectivity index (χ2v) is 2.73. The highest BCUT2D eigenvalue weighted by Crippen LogP contribution is 2.27. The van der Waals surface area contributed by atoms with E-state index < -0.39 is 4.92 Å². The normalized spacial score (nSPS) is 9.50. The van der Waals surface area contributed by atoms with Crippen LogP contribution in [0.5, 0.6) is 0 Å². The lowest BCUT2D eigenvalue weighted by Crippen LogP contribution is -2.01. The summed E-state index contributed by atoms with van der Waals surface area (Å²) in [5.74, 6) is 0. The molecule has 3 N–H and O–H groups in total. The summed E-state index contributed by atoms with van der Waals surface area (Å²) < 4.78 is 0. The van der Waals surface area contributed by atoms with E-state index in [-0.39, 0.29) is 11.4 Å². The van der Waals surface area contributed by atoms with Crippen molar-refractivity contribution >= 4 is 23.5 Å². The fraction of sp³-hybridized carbons (Fsp3) is 0.125. The van der Waals surface area contributed by atoms with Crippen LogP contribution in [0.15, 0.2) is 12.1 Å². The van der Waals surface area contributed by atoms with Gasteiger partial charge < -0.3 is 11.1 Å². The number of nitro benzene ring substituents is 1. The Morgan fingerprint density at radius 1 is 1.57 bits per heavy atom. The van der Waals surface area contributed by atoms with Crippen LogP contribution in [0.4, 0.5) is 17.1 Å². The Balaban J connectivity index is 3.27. The van der Waals surface area contributed by atoms with Crippen LogP contribution >= 0.6 is 0 Å². The number of carbonyl (C=O) groups excluding carboxylic acids is 1. The van der Waals surface area contributed by atoms with Crippen molar-refractivity contribution in [2.24, 2.45) is 0 Å². The number of nitro groups is 1. The predicted octanol–water partition coefficient (Wildman–Crippen LogP) is 1.05. The van der Waals surface area contributed by atoms with Gasteiger partial charge >= 0.3 is 0 Å². The van der Waals surface area contributed by atoms with E-state index in [9.17, 15) is 14.9 Å². The molecule has 0 unspecified atom stereocenters. The summed E-state index contributed by atoms with van der Waals surface area (Å²) in [5, 5.41) is 12.9. The highest BCUT2D eigenvalue weighted by molar-refractivity contribution is 5.76. The van der Waals surface area contributed by atoms with Gasteiger partial charge in [0.2, 0.25) is 6.41 Å². The average molecular weight is 195 g/mol. The first-order valence-corrected chi connectivity index (χ1v) is 3.81. The molecule has 74 valence electrons. The van der Waals surface area contributed by atoms with E-state index in [1.54, 1.807) is 6.92 Å². The number of nitrogen functional groups attached to an aromatic ring is 1. The van der Waals surface area contributed by atoms with Crippen molar-refractivity contribution in [2.75, 3.05) is 11.1 Å². The van der Waals surface area contributed by atoms with Crippen molar-refractivity contribution in [3.8, 4) is 0 Å². The summed E-state index contributed by atoms with van der Waals surface area (Å²) in [5.41, 5.74) is 6.42. The molecule has 1 rings (SSSR count). The van der Waals surface area contributed by atoms with E-state index in [1.807, 2.05) is 0 Å². The monoisotopic (exact) mass is 195 g/mol. The first kappa shape index (κ1) is 9.97. The highest BCUT2D eigenvalue weighted by atomic mass is 16.6. The molecule has 0 aliphatic rings. The van der Waals surface area contributed by atoms with Crippen LogP contribution in [-0.2, 0) is 4.79 Å². The molecule has 0 radical (unpaired) electrons. The largest absolute Gasteiger partial charge is 0.398 e. The Bertz CT molecular complexity index is 390. The molecule has 6 heteroatoms. The summed E-state index contributed by atoms with van der Waals surface area (Å²) in [6.07, 6.45) is 0.438. The maximum absolute atomic E-state index is 10.6. The van der Waals surface area contributed by atoms with Crippen LogP contribution in [0.3, 0.4) is 0 Å². The van der Waals surface area contributed by atoms with Gasteiger partial charge in [0.15, 0.2) is 0 Å². The average Bonchev–Trinajstić information content (AvgIpc) is 2.11. The second-order valence-electron chi connectivity index (χ2n) is 2.73. The summed E-state index contributed by atoms with van der Waals surface area (Å²) >= 11 is 0. The molecule has 1 amide bonds. The van der Waals surface area contributed by atoms with E-state index in [2.05, 4.69) is 5.32 Å². The van der Waals surface area contributed by atoms with Crippen molar-refractivity contribution in [1.29, 1.82) is 0 Å². The Hall–Kier alpha value is -2.11. The number of hydrogen-bond donors (Lipinski definition) is 2. The fourth-order valence-electron chi connectivity index (χ4n) is 1.06. The molecule has 0 fully saturated rings. The van der Waals surface area contributed by atoms with Gasteiger partial charge in [-0.05, 0) is 13.0 Å². The lowest BCUT2D eigenvalue weighted by molar-refractivity contribution is -0.385. The van der Waals surface area contributed by atoms with E-state index in [0.29, 0.717) is 17.7 Å². The number of nitrogens with one attached hydrogen (secondary N) is 1. The number of amides is 1. The third kappa shape index (κ3) is 1.79. The highest BCUT2D eigenvalue weighted by Gasteiger charge is 2.14. The first-order chi connectivity index (χ1) is 6.56. The number of nitrogens with zero attached hydrogens (tertiary/aromatic N) is 1. The Labute approximate surface area is 79.9 Å². The van der Waals surface area contributed by atoms with Crippen molar-refractivity contribution < 1.29 is 9.72 Å². The minimum Gasteiger partial charge on any atom is -0.398 e. The number of anilines is 2. The van der Waals surface area contributed by atoms with Crippen LogP contribution in [0, 0.1) is 17.0 Å². The van der Waals surface area contributed by atoms with Crippen LogP contribution < -0.4 is 11.1 Å². The van der Waals surface area contributed by atoms with Gasteiger partial charge in [-0.25, -0.2) is 0 Å². The molecule has 6 nitrogen and oxygen atoms in total. The van der Waals surface area contributed by atoms with Crippen molar-refractivity contribution in [2.45, 2.75) is 6.92 Å². The number of hydrogen-bond acceptors (Lipinski definition) is 4. The molecule has 0 aromatic heterocycles. The summed E-state index contributed by atoms with van der Waals surface area (Å²) in [6.45, 7) is 1.55.